The van der Waals surface area contributed by atoms with E-state index in [0.29, 0.717) is 11.3 Å². The highest BCUT2D eigenvalue weighted by molar-refractivity contribution is 6.11. The molecule has 0 radical (unpaired) electrons. The second-order valence-electron chi connectivity index (χ2n) is 17.5. The van der Waals surface area contributed by atoms with E-state index in [9.17, 15) is 5.26 Å². The van der Waals surface area contributed by atoms with Crippen LogP contribution in [-0.4, -0.2) is 0 Å². The summed E-state index contributed by atoms with van der Waals surface area (Å²) in [6.45, 7) is 7.60. The first kappa shape index (κ1) is 38.3. The smallest absolute Gasteiger partial charge is 0.187 e. The first-order valence-corrected chi connectivity index (χ1v) is 22.6. The Morgan fingerprint density at radius 3 is 1.69 bits per heavy atom. The van der Waals surface area contributed by atoms with Crippen molar-refractivity contribution in [1.29, 1.82) is 5.26 Å². The predicted octanol–water partition coefficient (Wildman–Crippen LogP) is 16.9. The largest absolute Gasteiger partial charge is 0.311 e. The van der Waals surface area contributed by atoms with Crippen LogP contribution in [0.2, 0.25) is 0 Å². The van der Waals surface area contributed by atoms with Crippen molar-refractivity contribution >= 4 is 72.1 Å². The number of anilines is 6. The Labute approximate surface area is 388 Å². The number of rotatable bonds is 6. The maximum Gasteiger partial charge on any atom is 0.187 e. The topological polar surface area (TPSA) is 34.6 Å². The van der Waals surface area contributed by atoms with Crippen molar-refractivity contribution in [2.45, 2.75) is 5.41 Å². The van der Waals surface area contributed by atoms with Crippen LogP contribution in [0.15, 0.2) is 231 Å². The first-order chi connectivity index (χ1) is 33.1. The van der Waals surface area contributed by atoms with Gasteiger partial charge in [0.25, 0.3) is 0 Å². The summed E-state index contributed by atoms with van der Waals surface area (Å²) in [6.07, 6.45) is 0. The summed E-state index contributed by atoms with van der Waals surface area (Å²) in [4.78, 5) is 8.22. The molecule has 0 fully saturated rings. The quantitative estimate of drug-likeness (QED) is 0.156. The first-order valence-electron chi connectivity index (χ1n) is 22.6. The van der Waals surface area contributed by atoms with Crippen molar-refractivity contribution < 1.29 is 0 Å². The maximum absolute atomic E-state index is 9.64. The van der Waals surface area contributed by atoms with Crippen LogP contribution in [-0.2, 0) is 5.41 Å². The van der Waals surface area contributed by atoms with Gasteiger partial charge in [0, 0.05) is 34.1 Å². The van der Waals surface area contributed by atoms with Crippen molar-refractivity contribution in [1.82, 2.24) is 0 Å². The Bertz CT molecular complexity index is 3880. The van der Waals surface area contributed by atoms with Crippen molar-refractivity contribution in [3.63, 3.8) is 0 Å². The second kappa shape index (κ2) is 14.9. The van der Waals surface area contributed by atoms with E-state index in [2.05, 4.69) is 191 Å². The zero-order valence-electron chi connectivity index (χ0n) is 36.2. The van der Waals surface area contributed by atoms with Gasteiger partial charge >= 0.3 is 0 Å². The molecule has 0 N–H and O–H groups in total. The van der Waals surface area contributed by atoms with Gasteiger partial charge in [-0.25, -0.2) is 4.85 Å². The minimum absolute atomic E-state index is 0.615. The van der Waals surface area contributed by atoms with Crippen LogP contribution in [0.25, 0.3) is 59.4 Å². The van der Waals surface area contributed by atoms with E-state index in [1.165, 1.54) is 66.1 Å². The van der Waals surface area contributed by atoms with Crippen LogP contribution in [0.3, 0.4) is 0 Å². The average molecular weight is 851 g/mol. The van der Waals surface area contributed by atoms with Crippen LogP contribution in [0.4, 0.5) is 39.8 Å². The fourth-order valence-electron chi connectivity index (χ4n) is 11.2. The van der Waals surface area contributed by atoms with Crippen molar-refractivity contribution in [2.75, 3.05) is 9.80 Å². The van der Waals surface area contributed by atoms with E-state index in [1.54, 1.807) is 0 Å². The molecule has 2 aliphatic carbocycles. The van der Waals surface area contributed by atoms with Gasteiger partial charge in [-0.15, -0.1) is 0 Å². The van der Waals surface area contributed by atoms with Gasteiger partial charge in [-0.1, -0.05) is 133 Å². The summed E-state index contributed by atoms with van der Waals surface area (Å²) in [5, 5.41) is 16.8. The molecule has 11 aromatic carbocycles. The molecule has 11 aromatic rings. The van der Waals surface area contributed by atoms with Gasteiger partial charge in [-0.2, -0.15) is 5.26 Å². The number of hydrogen-bond acceptors (Lipinski definition) is 3. The van der Waals surface area contributed by atoms with E-state index in [0.717, 1.165) is 44.9 Å². The average Bonchev–Trinajstić information content (AvgIpc) is 3.86. The second-order valence-corrected chi connectivity index (χ2v) is 17.5. The van der Waals surface area contributed by atoms with Crippen LogP contribution in [0.1, 0.15) is 27.8 Å². The monoisotopic (exact) mass is 850 g/mol. The summed E-state index contributed by atoms with van der Waals surface area (Å²) >= 11 is 0. The Morgan fingerprint density at radius 2 is 0.970 bits per heavy atom. The molecule has 0 aromatic heterocycles. The summed E-state index contributed by atoms with van der Waals surface area (Å²) in [6, 6.07) is 84.8. The van der Waals surface area contributed by atoms with E-state index in [1.807, 2.05) is 60.7 Å². The molecule has 13 rings (SSSR count). The summed E-state index contributed by atoms with van der Waals surface area (Å²) in [5.74, 6) is 0. The number of hydrogen-bond donors (Lipinski definition) is 0. The molecule has 4 heteroatoms. The highest BCUT2D eigenvalue weighted by Crippen LogP contribution is 2.65. The summed E-state index contributed by atoms with van der Waals surface area (Å²) < 4.78 is 0. The van der Waals surface area contributed by atoms with Gasteiger partial charge in [0.1, 0.15) is 0 Å². The van der Waals surface area contributed by atoms with Crippen LogP contribution in [0.5, 0.6) is 0 Å². The van der Waals surface area contributed by atoms with Gasteiger partial charge < -0.3 is 9.80 Å². The van der Waals surface area contributed by atoms with Gasteiger partial charge in [0.05, 0.1) is 23.6 Å². The SMILES string of the molecule is [C-]#[N+]c1ccc(N(c2ccccc2)c2ccc3cc4c(cc3c2)C2(c3ccccc3-c3c2ccc2ccccc32)c2c-4ccc3cc(N(c4ccccc4)c4ccc(C#N)cc4)ccc23)cc1. The molecule has 0 saturated heterocycles. The molecular formula is C63H38N4. The molecule has 0 amide bonds. The summed E-state index contributed by atoms with van der Waals surface area (Å²) in [7, 11) is 0. The van der Waals surface area contributed by atoms with E-state index in [-0.39, 0.29) is 0 Å². The number of benzene rings is 11. The third-order valence-electron chi connectivity index (χ3n) is 14.0. The molecule has 0 bridgehead atoms. The minimum Gasteiger partial charge on any atom is -0.311 e. The Balaban J connectivity index is 1.07. The van der Waals surface area contributed by atoms with Crippen LogP contribution >= 0.6 is 0 Å². The zero-order chi connectivity index (χ0) is 44.6. The van der Waals surface area contributed by atoms with Crippen molar-refractivity contribution in [2.24, 2.45) is 0 Å². The molecule has 310 valence electrons. The fraction of sp³-hybridized carbons (Fsp3) is 0.0159. The molecule has 67 heavy (non-hydrogen) atoms. The van der Waals surface area contributed by atoms with Crippen LogP contribution < -0.4 is 9.80 Å². The van der Waals surface area contributed by atoms with E-state index < -0.39 is 5.41 Å². The molecule has 0 saturated carbocycles. The lowest BCUT2D eigenvalue weighted by atomic mass is 9.69. The third-order valence-corrected chi connectivity index (χ3v) is 14.0. The lowest BCUT2D eigenvalue weighted by Crippen LogP contribution is -2.26. The molecule has 1 spiro atoms. The molecule has 2 aliphatic rings. The van der Waals surface area contributed by atoms with Gasteiger partial charge in [-0.05, 0) is 174 Å². The van der Waals surface area contributed by atoms with Gasteiger partial charge in [-0.3, -0.25) is 0 Å². The molecule has 0 aliphatic heterocycles. The number of nitrogens with zero attached hydrogens (tertiary/aromatic N) is 4. The standard InChI is InChI=1S/C63H38N4/c1-65-46-25-30-50(31-26-46)67(48-15-6-3-7-16-48)51-29-22-43-38-57-55-33-23-44-36-52(66(47-13-4-2-5-14-47)49-27-20-41(40-64)21-28-49)32-34-54(44)62(55)63(60(57)39-45(43)37-51)58-19-11-10-18-56(58)61-53-17-9-8-12-42(53)24-35-59(61)63/h2-39H. The van der Waals surface area contributed by atoms with Crippen LogP contribution in [0, 0.1) is 17.9 Å². The number of nitriles is 1. The number of fused-ring (bicyclic) bond motifs is 15. The molecule has 4 nitrogen and oxygen atoms in total. The Morgan fingerprint density at radius 1 is 0.388 bits per heavy atom. The zero-order valence-corrected chi connectivity index (χ0v) is 36.2. The lowest BCUT2D eigenvalue weighted by Gasteiger charge is -2.32. The minimum atomic E-state index is -0.618. The third kappa shape index (κ3) is 5.71. The predicted molar refractivity (Wildman–Crippen MR) is 276 cm³/mol. The highest BCUT2D eigenvalue weighted by Gasteiger charge is 2.53. The van der Waals surface area contributed by atoms with Crippen molar-refractivity contribution in [3.8, 4) is 28.3 Å². The molecular weight excluding hydrogens is 813 g/mol. The normalized spacial score (nSPS) is 14.0. The van der Waals surface area contributed by atoms with Crippen molar-refractivity contribution in [3.05, 3.63) is 270 Å². The molecule has 0 heterocycles. The highest BCUT2D eigenvalue weighted by atomic mass is 15.1. The summed E-state index contributed by atoms with van der Waals surface area (Å²) in [5.41, 5.74) is 17.0. The Hall–Kier alpha value is -9.22. The Kier molecular flexibility index (Phi) is 8.52. The molecule has 1 atom stereocenters. The molecule has 1 unspecified atom stereocenters. The van der Waals surface area contributed by atoms with Gasteiger partial charge in [0.15, 0.2) is 5.69 Å². The maximum atomic E-state index is 9.64. The fourth-order valence-corrected chi connectivity index (χ4v) is 11.2. The lowest BCUT2D eigenvalue weighted by molar-refractivity contribution is 0.803. The van der Waals surface area contributed by atoms with E-state index >= 15 is 0 Å². The number of para-hydroxylation sites is 2. The van der Waals surface area contributed by atoms with Gasteiger partial charge in [0.2, 0.25) is 0 Å². The van der Waals surface area contributed by atoms with E-state index in [4.69, 9.17) is 6.57 Å².